The summed E-state index contributed by atoms with van der Waals surface area (Å²) < 4.78 is 10.6. The third kappa shape index (κ3) is 3.75. The Morgan fingerprint density at radius 3 is 2.19 bits per heavy atom. The van der Waals surface area contributed by atoms with Gasteiger partial charge in [-0.3, -0.25) is 0 Å². The second-order valence-corrected chi connectivity index (χ2v) is 5.83. The number of rotatable bonds is 6. The Morgan fingerprint density at radius 1 is 1.19 bits per heavy atom. The van der Waals surface area contributed by atoms with Crippen molar-refractivity contribution in [2.24, 2.45) is 0 Å². The lowest BCUT2D eigenvalue weighted by Gasteiger charge is -2.19. The van der Waals surface area contributed by atoms with E-state index in [1.807, 2.05) is 7.05 Å². The molecule has 0 saturated heterocycles. The fourth-order valence-corrected chi connectivity index (χ4v) is 2.89. The van der Waals surface area contributed by atoms with E-state index < -0.39 is 8.38 Å². The highest BCUT2D eigenvalue weighted by molar-refractivity contribution is 7.48. The monoisotopic (exact) mass is 241 g/mol. The molecule has 16 heavy (non-hydrogen) atoms. The maximum atomic E-state index is 5.31. The van der Waals surface area contributed by atoms with Crippen LogP contribution in [0.1, 0.15) is 12.5 Å². The van der Waals surface area contributed by atoms with E-state index >= 15 is 0 Å². The van der Waals surface area contributed by atoms with Gasteiger partial charge in [-0.05, 0) is 24.1 Å². The van der Waals surface area contributed by atoms with Gasteiger partial charge in [0.1, 0.15) is 0 Å². The zero-order chi connectivity index (χ0) is 12.0. The summed E-state index contributed by atoms with van der Waals surface area (Å²) in [6.07, 6.45) is 0.984. The van der Waals surface area contributed by atoms with Gasteiger partial charge in [-0.1, -0.05) is 19.1 Å². The van der Waals surface area contributed by atoms with Crippen molar-refractivity contribution in [2.45, 2.75) is 19.0 Å². The lowest BCUT2D eigenvalue weighted by Crippen LogP contribution is -2.06. The Hall–Kier alpha value is -0.630. The molecule has 0 spiro atoms. The zero-order valence-electron chi connectivity index (χ0n) is 10.4. The first-order chi connectivity index (χ1) is 7.71. The Balaban J connectivity index is 2.58. The summed E-state index contributed by atoms with van der Waals surface area (Å²) >= 11 is 0. The second-order valence-electron chi connectivity index (χ2n) is 3.65. The molecule has 0 heterocycles. The standard InChI is InChI=1S/C12H20NO2P/c1-10(16(14-3)15-4)9-11-5-7-12(13-2)8-6-11/h5-8,10,13H,9H2,1-4H3. The molecule has 1 atom stereocenters. The zero-order valence-corrected chi connectivity index (χ0v) is 11.3. The highest BCUT2D eigenvalue weighted by Gasteiger charge is 2.17. The molecule has 1 N–H and O–H groups in total. The normalized spacial score (nSPS) is 12.8. The molecule has 0 aromatic heterocycles. The van der Waals surface area contributed by atoms with Gasteiger partial charge >= 0.3 is 0 Å². The van der Waals surface area contributed by atoms with Crippen LogP contribution >= 0.6 is 8.38 Å². The van der Waals surface area contributed by atoms with E-state index in [0.29, 0.717) is 5.66 Å². The van der Waals surface area contributed by atoms with Crippen molar-refractivity contribution < 1.29 is 9.05 Å². The van der Waals surface area contributed by atoms with E-state index in [1.54, 1.807) is 14.2 Å². The minimum Gasteiger partial charge on any atom is -0.388 e. The molecular formula is C12H20NO2P. The number of benzene rings is 1. The van der Waals surface area contributed by atoms with Gasteiger partial charge in [0.2, 0.25) is 0 Å². The summed E-state index contributed by atoms with van der Waals surface area (Å²) in [4.78, 5) is 0. The van der Waals surface area contributed by atoms with E-state index in [2.05, 4.69) is 36.5 Å². The van der Waals surface area contributed by atoms with E-state index in [-0.39, 0.29) is 0 Å². The van der Waals surface area contributed by atoms with Crippen LogP contribution in [0.2, 0.25) is 0 Å². The van der Waals surface area contributed by atoms with Gasteiger partial charge in [0.25, 0.3) is 0 Å². The average Bonchev–Trinajstić information content (AvgIpc) is 2.31. The molecule has 0 bridgehead atoms. The van der Waals surface area contributed by atoms with Crippen molar-refractivity contribution in [3.05, 3.63) is 29.8 Å². The molecule has 1 rings (SSSR count). The van der Waals surface area contributed by atoms with Gasteiger partial charge in [0.15, 0.2) is 8.38 Å². The van der Waals surface area contributed by atoms with Crippen molar-refractivity contribution in [3.63, 3.8) is 0 Å². The molecule has 1 unspecified atom stereocenters. The third-order valence-electron chi connectivity index (χ3n) is 2.49. The number of hydrogen-bond acceptors (Lipinski definition) is 3. The first-order valence-electron chi connectivity index (χ1n) is 5.35. The SMILES string of the molecule is CNc1ccc(CC(C)P(OC)OC)cc1. The molecule has 0 saturated carbocycles. The van der Waals surface area contributed by atoms with Crippen molar-refractivity contribution >= 4 is 14.1 Å². The molecule has 1 aromatic carbocycles. The molecule has 0 aliphatic carbocycles. The van der Waals surface area contributed by atoms with Crippen LogP contribution in [0.3, 0.4) is 0 Å². The van der Waals surface area contributed by atoms with Gasteiger partial charge < -0.3 is 14.4 Å². The van der Waals surface area contributed by atoms with Gasteiger partial charge in [0, 0.05) is 32.6 Å². The van der Waals surface area contributed by atoms with Gasteiger partial charge in [0.05, 0.1) is 0 Å². The molecule has 90 valence electrons. The molecule has 0 fully saturated rings. The van der Waals surface area contributed by atoms with Crippen molar-refractivity contribution in [1.29, 1.82) is 0 Å². The van der Waals surface area contributed by atoms with Gasteiger partial charge in [-0.25, -0.2) is 0 Å². The molecule has 4 heteroatoms. The second kappa shape index (κ2) is 6.85. The Bertz CT molecular complexity index is 298. The lowest BCUT2D eigenvalue weighted by atomic mass is 10.1. The largest absolute Gasteiger partial charge is 0.388 e. The van der Waals surface area contributed by atoms with Gasteiger partial charge in [-0.2, -0.15) is 0 Å². The van der Waals surface area contributed by atoms with Crippen molar-refractivity contribution in [1.82, 2.24) is 0 Å². The maximum Gasteiger partial charge on any atom is 0.173 e. The van der Waals surface area contributed by atoms with Crippen LogP contribution in [0.4, 0.5) is 5.69 Å². The molecule has 0 amide bonds. The molecule has 0 aliphatic heterocycles. The van der Waals surface area contributed by atoms with Crippen LogP contribution in [-0.4, -0.2) is 26.9 Å². The van der Waals surface area contributed by atoms with Crippen molar-refractivity contribution in [2.75, 3.05) is 26.6 Å². The summed E-state index contributed by atoms with van der Waals surface area (Å²) in [5.41, 5.74) is 2.86. The van der Waals surface area contributed by atoms with Crippen LogP contribution in [0, 0.1) is 0 Å². The quantitative estimate of drug-likeness (QED) is 0.775. The smallest absolute Gasteiger partial charge is 0.173 e. The van der Waals surface area contributed by atoms with Crippen LogP contribution in [0.25, 0.3) is 0 Å². The van der Waals surface area contributed by atoms with E-state index in [4.69, 9.17) is 9.05 Å². The minimum atomic E-state index is -0.768. The summed E-state index contributed by atoms with van der Waals surface area (Å²) in [6.45, 7) is 2.16. The summed E-state index contributed by atoms with van der Waals surface area (Å²) in [7, 11) is 4.56. The van der Waals surface area contributed by atoms with Gasteiger partial charge in [-0.15, -0.1) is 0 Å². The first-order valence-corrected chi connectivity index (χ1v) is 6.60. The highest BCUT2D eigenvalue weighted by atomic mass is 31.2. The predicted molar refractivity (Wildman–Crippen MR) is 70.1 cm³/mol. The highest BCUT2D eigenvalue weighted by Crippen LogP contribution is 2.43. The van der Waals surface area contributed by atoms with E-state index in [9.17, 15) is 0 Å². The fraction of sp³-hybridized carbons (Fsp3) is 0.500. The molecule has 0 aliphatic rings. The van der Waals surface area contributed by atoms with Crippen LogP contribution in [0.5, 0.6) is 0 Å². The summed E-state index contributed by atoms with van der Waals surface area (Å²) in [6, 6.07) is 8.45. The van der Waals surface area contributed by atoms with Crippen LogP contribution in [-0.2, 0) is 15.5 Å². The summed E-state index contributed by atoms with van der Waals surface area (Å²) in [5, 5.41) is 3.11. The Labute approximate surface area is 99.1 Å². The van der Waals surface area contributed by atoms with Crippen LogP contribution < -0.4 is 5.32 Å². The Kier molecular flexibility index (Phi) is 5.75. The third-order valence-corrected chi connectivity index (χ3v) is 4.12. The molecule has 1 aromatic rings. The molecule has 0 radical (unpaired) electrons. The first kappa shape index (κ1) is 13.4. The Morgan fingerprint density at radius 2 is 1.75 bits per heavy atom. The number of nitrogens with one attached hydrogen (secondary N) is 1. The summed E-state index contributed by atoms with van der Waals surface area (Å²) in [5.74, 6) is 0. The lowest BCUT2D eigenvalue weighted by molar-refractivity contribution is 0.332. The number of anilines is 1. The van der Waals surface area contributed by atoms with E-state index in [0.717, 1.165) is 12.1 Å². The minimum absolute atomic E-state index is 0.408. The fourth-order valence-electron chi connectivity index (χ4n) is 1.66. The maximum absolute atomic E-state index is 5.31. The van der Waals surface area contributed by atoms with Crippen molar-refractivity contribution in [3.8, 4) is 0 Å². The van der Waals surface area contributed by atoms with E-state index in [1.165, 1.54) is 5.56 Å². The number of hydrogen-bond donors (Lipinski definition) is 1. The average molecular weight is 241 g/mol. The topological polar surface area (TPSA) is 30.5 Å². The predicted octanol–water partition coefficient (Wildman–Crippen LogP) is 3.26. The van der Waals surface area contributed by atoms with Crippen LogP contribution in [0.15, 0.2) is 24.3 Å². The molecular weight excluding hydrogens is 221 g/mol. The molecule has 3 nitrogen and oxygen atoms in total.